The molecule has 4 nitrogen and oxygen atoms in total. The first kappa shape index (κ1) is 18.7. The van der Waals surface area contributed by atoms with Crippen LogP contribution < -0.4 is 0 Å². The normalized spacial score (nSPS) is 13.0. The van der Waals surface area contributed by atoms with Crippen molar-refractivity contribution in [2.75, 3.05) is 6.61 Å². The fraction of sp³-hybridized carbons (Fsp3) is 1.00. The van der Waals surface area contributed by atoms with Gasteiger partial charge in [-0.3, -0.25) is 0 Å². The number of hydrogen-bond donors (Lipinski definition) is 0. The molecule has 0 bridgehead atoms. The molecule has 110 valence electrons. The minimum absolute atomic E-state index is 0.687. The molecule has 0 amide bonds. The van der Waals surface area contributed by atoms with Gasteiger partial charge in [-0.15, -0.1) is 0 Å². The molecule has 0 unspecified atom stereocenters. The van der Waals surface area contributed by atoms with Gasteiger partial charge in [0, 0.05) is 6.61 Å². The predicted octanol–water partition coefficient (Wildman–Crippen LogP) is 2.24. The van der Waals surface area contributed by atoms with Gasteiger partial charge in [0.2, 0.25) is 0 Å². The zero-order valence-corrected chi connectivity index (χ0v) is 17.5. The maximum Gasteiger partial charge on any atom is 0.647 e. The van der Waals surface area contributed by atoms with E-state index in [1.165, 1.54) is 0 Å². The molecule has 8 heteroatoms. The lowest BCUT2D eigenvalue weighted by molar-refractivity contribution is 0.0898. The summed E-state index contributed by atoms with van der Waals surface area (Å²) in [4.78, 5) is 0. The van der Waals surface area contributed by atoms with E-state index < -0.39 is 36.2 Å². The molecular formula is C10H30O4Si4. The fourth-order valence-electron chi connectivity index (χ4n) is 1.39. The Labute approximate surface area is 119 Å². The van der Waals surface area contributed by atoms with Crippen LogP contribution in [0.2, 0.25) is 39.3 Å². The first-order valence-corrected chi connectivity index (χ1v) is 17.0. The summed E-state index contributed by atoms with van der Waals surface area (Å²) in [6.07, 6.45) is 2.14. The second kappa shape index (κ2) is 9.59. The zero-order valence-electron chi connectivity index (χ0n) is 13.0. The summed E-state index contributed by atoms with van der Waals surface area (Å²) in [7, 11) is -6.54. The first-order chi connectivity index (χ1) is 8.31. The van der Waals surface area contributed by atoms with Gasteiger partial charge in [-0.1, -0.05) is 13.3 Å². The van der Waals surface area contributed by atoms with Crippen LogP contribution in [0.25, 0.3) is 0 Å². The van der Waals surface area contributed by atoms with E-state index in [1.54, 1.807) is 0 Å². The second-order valence-electron chi connectivity index (χ2n) is 5.20. The minimum Gasteiger partial charge on any atom is -0.398 e. The van der Waals surface area contributed by atoms with Crippen LogP contribution in [-0.2, 0) is 16.8 Å². The molecule has 0 saturated heterocycles. The van der Waals surface area contributed by atoms with Gasteiger partial charge in [-0.25, -0.2) is 0 Å². The minimum atomic E-state index is -2.84. The first-order valence-electron chi connectivity index (χ1n) is 6.98. The summed E-state index contributed by atoms with van der Waals surface area (Å²) in [6.45, 7) is 15.7. The SMILES string of the molecule is CCCCO[Si](O[SiH](C)C)(O[SiH](C)C)O[SiH](C)C. The Bertz CT molecular complexity index is 188. The molecular weight excluding hydrogens is 296 g/mol. The topological polar surface area (TPSA) is 36.9 Å². The van der Waals surface area contributed by atoms with Crippen molar-refractivity contribution >= 4 is 36.2 Å². The highest BCUT2D eigenvalue weighted by Gasteiger charge is 2.46. The summed E-state index contributed by atoms with van der Waals surface area (Å²) < 4.78 is 24.2. The second-order valence-corrected chi connectivity index (χ2v) is 15.6. The Morgan fingerprint density at radius 2 is 1.17 bits per heavy atom. The van der Waals surface area contributed by atoms with Crippen molar-refractivity contribution in [3.63, 3.8) is 0 Å². The Morgan fingerprint density at radius 1 is 0.778 bits per heavy atom. The van der Waals surface area contributed by atoms with Crippen molar-refractivity contribution in [1.82, 2.24) is 0 Å². The Morgan fingerprint density at radius 3 is 1.44 bits per heavy atom. The van der Waals surface area contributed by atoms with Gasteiger partial charge >= 0.3 is 9.05 Å². The average molecular weight is 327 g/mol. The summed E-state index contributed by atoms with van der Waals surface area (Å²) >= 11 is 0. The van der Waals surface area contributed by atoms with Gasteiger partial charge in [0.05, 0.1) is 0 Å². The van der Waals surface area contributed by atoms with E-state index in [1.807, 2.05) is 0 Å². The van der Waals surface area contributed by atoms with Gasteiger partial charge in [0.25, 0.3) is 0 Å². The molecule has 0 aliphatic heterocycles. The molecule has 0 rings (SSSR count). The largest absolute Gasteiger partial charge is 0.647 e. The third-order valence-electron chi connectivity index (χ3n) is 1.92. The van der Waals surface area contributed by atoms with E-state index in [2.05, 4.69) is 46.2 Å². The third kappa shape index (κ3) is 8.75. The molecule has 18 heavy (non-hydrogen) atoms. The highest BCUT2D eigenvalue weighted by molar-refractivity contribution is 6.76. The zero-order chi connectivity index (χ0) is 14.2. The third-order valence-corrected chi connectivity index (χ3v) is 11.6. The van der Waals surface area contributed by atoms with Crippen LogP contribution in [0.15, 0.2) is 0 Å². The molecule has 0 N–H and O–H groups in total. The fourth-order valence-corrected chi connectivity index (χ4v) is 11.7. The van der Waals surface area contributed by atoms with Gasteiger partial charge in [-0.05, 0) is 45.7 Å². The van der Waals surface area contributed by atoms with Crippen LogP contribution in [0, 0.1) is 0 Å². The molecule has 0 aromatic rings. The Hall–Kier alpha value is 0.708. The number of rotatable bonds is 10. The maximum atomic E-state index is 6.09. The lowest BCUT2D eigenvalue weighted by atomic mass is 10.4. The van der Waals surface area contributed by atoms with Crippen molar-refractivity contribution in [3.8, 4) is 0 Å². The lowest BCUT2D eigenvalue weighted by Gasteiger charge is -2.33. The van der Waals surface area contributed by atoms with Gasteiger partial charge in [0.15, 0.2) is 27.1 Å². The monoisotopic (exact) mass is 326 g/mol. The molecule has 0 aliphatic rings. The maximum absolute atomic E-state index is 6.09. The summed E-state index contributed by atoms with van der Waals surface area (Å²) in [5.41, 5.74) is 0. The quantitative estimate of drug-likeness (QED) is 0.456. The van der Waals surface area contributed by atoms with E-state index in [0.717, 1.165) is 12.8 Å². The van der Waals surface area contributed by atoms with Gasteiger partial charge in [0.1, 0.15) is 0 Å². The van der Waals surface area contributed by atoms with Crippen LogP contribution in [-0.4, -0.2) is 42.8 Å². The van der Waals surface area contributed by atoms with E-state index in [4.69, 9.17) is 16.8 Å². The standard InChI is InChI=1S/C10H30O4Si4/c1-8-9-10-11-18(12-15(2)3,13-16(4)5)14-17(6)7/h15-17H,8-10H2,1-7H3. The lowest BCUT2D eigenvalue weighted by Crippen LogP contribution is -2.55. The van der Waals surface area contributed by atoms with Crippen molar-refractivity contribution in [3.05, 3.63) is 0 Å². The highest BCUT2D eigenvalue weighted by Crippen LogP contribution is 2.17. The highest BCUT2D eigenvalue weighted by atomic mass is 28.5. The number of unbranched alkanes of at least 4 members (excludes halogenated alkanes) is 1. The summed E-state index contributed by atoms with van der Waals surface area (Å²) in [6, 6.07) is 0. The Kier molecular flexibility index (Phi) is 9.96. The van der Waals surface area contributed by atoms with Crippen molar-refractivity contribution in [2.24, 2.45) is 0 Å². The van der Waals surface area contributed by atoms with E-state index in [-0.39, 0.29) is 0 Å². The van der Waals surface area contributed by atoms with Crippen molar-refractivity contribution < 1.29 is 16.8 Å². The van der Waals surface area contributed by atoms with Gasteiger partial charge in [-0.2, -0.15) is 0 Å². The molecule has 0 aromatic heterocycles. The summed E-state index contributed by atoms with van der Waals surface area (Å²) in [5.74, 6) is 0. The number of hydrogen-bond acceptors (Lipinski definition) is 4. The van der Waals surface area contributed by atoms with Crippen molar-refractivity contribution in [2.45, 2.75) is 59.0 Å². The van der Waals surface area contributed by atoms with Crippen LogP contribution in [0.3, 0.4) is 0 Å². The molecule has 0 spiro atoms. The molecule has 0 radical (unpaired) electrons. The predicted molar refractivity (Wildman–Crippen MR) is 86.5 cm³/mol. The molecule has 0 saturated carbocycles. The van der Waals surface area contributed by atoms with E-state index >= 15 is 0 Å². The van der Waals surface area contributed by atoms with E-state index in [0.29, 0.717) is 6.61 Å². The van der Waals surface area contributed by atoms with E-state index in [9.17, 15) is 0 Å². The van der Waals surface area contributed by atoms with Crippen molar-refractivity contribution in [1.29, 1.82) is 0 Å². The van der Waals surface area contributed by atoms with Crippen LogP contribution in [0.1, 0.15) is 19.8 Å². The van der Waals surface area contributed by atoms with Gasteiger partial charge < -0.3 is 16.8 Å². The smallest absolute Gasteiger partial charge is 0.398 e. The molecule has 0 aliphatic carbocycles. The molecule has 0 heterocycles. The molecule has 0 fully saturated rings. The van der Waals surface area contributed by atoms with Crippen LogP contribution >= 0.6 is 0 Å². The van der Waals surface area contributed by atoms with Crippen LogP contribution in [0.4, 0.5) is 0 Å². The summed E-state index contributed by atoms with van der Waals surface area (Å²) in [5, 5.41) is 0. The van der Waals surface area contributed by atoms with Crippen LogP contribution in [0.5, 0.6) is 0 Å². The molecule has 0 aromatic carbocycles. The Balaban J connectivity index is 4.74. The average Bonchev–Trinajstić information content (AvgIpc) is 2.13. The molecule has 0 atom stereocenters.